The van der Waals surface area contributed by atoms with E-state index in [0.717, 1.165) is 13.1 Å². The summed E-state index contributed by atoms with van der Waals surface area (Å²) in [7, 11) is 3.61. The van der Waals surface area contributed by atoms with E-state index >= 15 is 0 Å². The first kappa shape index (κ1) is 15.2. The summed E-state index contributed by atoms with van der Waals surface area (Å²) in [5.41, 5.74) is 1.29. The predicted octanol–water partition coefficient (Wildman–Crippen LogP) is 0.887. The molecule has 18 heavy (non-hydrogen) atoms. The summed E-state index contributed by atoms with van der Waals surface area (Å²) in [5.74, 6) is 0. The molecule has 0 fully saturated rings. The predicted molar refractivity (Wildman–Crippen MR) is 70.7 cm³/mol. The van der Waals surface area contributed by atoms with Gasteiger partial charge in [0.05, 0.1) is 33.0 Å². The second kappa shape index (κ2) is 10.1. The van der Waals surface area contributed by atoms with Crippen molar-refractivity contribution in [3.63, 3.8) is 0 Å². The second-order valence-corrected chi connectivity index (χ2v) is 4.01. The second-order valence-electron chi connectivity index (χ2n) is 4.01. The molecule has 0 spiro atoms. The maximum absolute atomic E-state index is 5.48. The third-order valence-electron chi connectivity index (χ3n) is 2.49. The van der Waals surface area contributed by atoms with Crippen molar-refractivity contribution in [3.8, 4) is 0 Å². The fourth-order valence-corrected chi connectivity index (χ4v) is 1.57. The zero-order valence-electron chi connectivity index (χ0n) is 11.4. The maximum atomic E-state index is 5.48. The maximum Gasteiger partial charge on any atom is 0.0701 e. The first-order chi connectivity index (χ1) is 8.86. The molecule has 5 nitrogen and oxygen atoms in total. The van der Waals surface area contributed by atoms with Crippen molar-refractivity contribution in [3.05, 3.63) is 24.0 Å². The molecule has 0 aliphatic heterocycles. The minimum absolute atomic E-state index is 0.625. The first-order valence-corrected chi connectivity index (χ1v) is 6.30. The Labute approximate surface area is 109 Å². The van der Waals surface area contributed by atoms with Crippen LogP contribution in [0, 0.1) is 0 Å². The number of nitrogens with one attached hydrogen (secondary N) is 1. The zero-order chi connectivity index (χ0) is 13.1. The molecule has 0 bridgehead atoms. The van der Waals surface area contributed by atoms with Gasteiger partial charge in [-0.05, 0) is 18.7 Å². The van der Waals surface area contributed by atoms with Crippen molar-refractivity contribution in [2.24, 2.45) is 0 Å². The van der Waals surface area contributed by atoms with Crippen molar-refractivity contribution in [2.45, 2.75) is 13.1 Å². The number of rotatable bonds is 11. The Morgan fingerprint density at radius 1 is 1.11 bits per heavy atom. The molecule has 0 aliphatic carbocycles. The quantitative estimate of drug-likeness (QED) is 0.597. The van der Waals surface area contributed by atoms with Gasteiger partial charge in [-0.3, -0.25) is 0 Å². The molecule has 1 heterocycles. The van der Waals surface area contributed by atoms with Gasteiger partial charge in [0.15, 0.2) is 0 Å². The summed E-state index contributed by atoms with van der Waals surface area (Å²) >= 11 is 0. The van der Waals surface area contributed by atoms with E-state index in [9.17, 15) is 0 Å². The van der Waals surface area contributed by atoms with Crippen molar-refractivity contribution in [1.82, 2.24) is 9.88 Å². The average Bonchev–Trinajstić information content (AvgIpc) is 2.81. The normalized spacial score (nSPS) is 11.0. The summed E-state index contributed by atoms with van der Waals surface area (Å²) in [5, 5.41) is 3.13. The molecule has 1 aromatic heterocycles. The molecule has 1 rings (SSSR count). The molecule has 1 N–H and O–H groups in total. The lowest BCUT2D eigenvalue weighted by Gasteiger charge is -2.06. The van der Waals surface area contributed by atoms with Crippen LogP contribution in [0.1, 0.15) is 5.56 Å². The number of aromatic nitrogens is 1. The lowest BCUT2D eigenvalue weighted by atomic mass is 10.3. The van der Waals surface area contributed by atoms with Gasteiger partial charge >= 0.3 is 0 Å². The fourth-order valence-electron chi connectivity index (χ4n) is 1.57. The van der Waals surface area contributed by atoms with Crippen molar-refractivity contribution < 1.29 is 14.2 Å². The van der Waals surface area contributed by atoms with Crippen LogP contribution < -0.4 is 5.32 Å². The molecule has 0 aromatic carbocycles. The fraction of sp³-hybridized carbons (Fsp3) is 0.692. The minimum Gasteiger partial charge on any atom is -0.382 e. The van der Waals surface area contributed by atoms with E-state index in [2.05, 4.69) is 28.3 Å². The molecule has 0 saturated carbocycles. The summed E-state index contributed by atoms with van der Waals surface area (Å²) in [4.78, 5) is 0. The summed E-state index contributed by atoms with van der Waals surface area (Å²) in [6.45, 7) is 5.02. The largest absolute Gasteiger partial charge is 0.382 e. The zero-order valence-corrected chi connectivity index (χ0v) is 11.4. The van der Waals surface area contributed by atoms with E-state index in [1.807, 2.05) is 7.05 Å². The Hall–Kier alpha value is -0.880. The standard InChI is InChI=1S/C13H24N2O3/c1-14-11-13-3-4-15(12-13)5-6-17-9-10-18-8-7-16-2/h3-4,12,14H,5-11H2,1-2H3. The van der Waals surface area contributed by atoms with E-state index < -0.39 is 0 Å². The topological polar surface area (TPSA) is 44.7 Å². The van der Waals surface area contributed by atoms with Crippen LogP contribution in [0.25, 0.3) is 0 Å². The molecule has 0 amide bonds. The van der Waals surface area contributed by atoms with Crippen LogP contribution in [0.5, 0.6) is 0 Å². The third-order valence-corrected chi connectivity index (χ3v) is 2.49. The summed E-state index contributed by atoms with van der Waals surface area (Å²) in [6, 6.07) is 2.12. The molecule has 0 saturated heterocycles. The monoisotopic (exact) mass is 256 g/mol. The van der Waals surface area contributed by atoms with Crippen LogP contribution in [0.3, 0.4) is 0 Å². The molecule has 5 heteroatoms. The highest BCUT2D eigenvalue weighted by molar-refractivity contribution is 5.09. The summed E-state index contributed by atoms with van der Waals surface area (Å²) in [6.07, 6.45) is 4.21. The molecular formula is C13H24N2O3. The van der Waals surface area contributed by atoms with Crippen LogP contribution in [-0.4, -0.2) is 51.8 Å². The Morgan fingerprint density at radius 3 is 2.56 bits per heavy atom. The highest BCUT2D eigenvalue weighted by atomic mass is 16.5. The highest BCUT2D eigenvalue weighted by Gasteiger charge is 1.96. The van der Waals surface area contributed by atoms with Gasteiger partial charge in [0, 0.05) is 32.6 Å². The van der Waals surface area contributed by atoms with E-state index in [0.29, 0.717) is 33.0 Å². The first-order valence-electron chi connectivity index (χ1n) is 6.30. The molecule has 104 valence electrons. The van der Waals surface area contributed by atoms with Gasteiger partial charge in [-0.1, -0.05) is 0 Å². The molecule has 0 unspecified atom stereocenters. The number of hydrogen-bond donors (Lipinski definition) is 1. The SMILES string of the molecule is CNCc1ccn(CCOCCOCCOC)c1. The van der Waals surface area contributed by atoms with Crippen LogP contribution in [0.15, 0.2) is 18.5 Å². The molecule has 0 aliphatic rings. The molecule has 0 radical (unpaired) electrons. The smallest absolute Gasteiger partial charge is 0.0701 e. The molecule has 0 atom stereocenters. The number of nitrogens with zero attached hydrogens (tertiary/aromatic N) is 1. The lowest BCUT2D eigenvalue weighted by molar-refractivity contribution is 0.0230. The van der Waals surface area contributed by atoms with E-state index in [1.54, 1.807) is 7.11 Å². The van der Waals surface area contributed by atoms with Crippen LogP contribution >= 0.6 is 0 Å². The Morgan fingerprint density at radius 2 is 1.83 bits per heavy atom. The highest BCUT2D eigenvalue weighted by Crippen LogP contribution is 2.00. The third kappa shape index (κ3) is 6.76. The number of hydrogen-bond acceptors (Lipinski definition) is 4. The lowest BCUT2D eigenvalue weighted by Crippen LogP contribution is -2.11. The van der Waals surface area contributed by atoms with Gasteiger partial charge < -0.3 is 24.1 Å². The Kier molecular flexibility index (Phi) is 8.50. The van der Waals surface area contributed by atoms with Crippen molar-refractivity contribution in [1.29, 1.82) is 0 Å². The Balaban J connectivity index is 1.96. The van der Waals surface area contributed by atoms with Crippen LogP contribution in [0.4, 0.5) is 0 Å². The van der Waals surface area contributed by atoms with Gasteiger partial charge in [-0.25, -0.2) is 0 Å². The Bertz CT molecular complexity index is 302. The number of ether oxygens (including phenoxy) is 3. The van der Waals surface area contributed by atoms with Gasteiger partial charge in [0.25, 0.3) is 0 Å². The van der Waals surface area contributed by atoms with E-state index in [1.165, 1.54) is 5.56 Å². The van der Waals surface area contributed by atoms with Gasteiger partial charge in [0.2, 0.25) is 0 Å². The average molecular weight is 256 g/mol. The van der Waals surface area contributed by atoms with Gasteiger partial charge in [-0.2, -0.15) is 0 Å². The van der Waals surface area contributed by atoms with Crippen molar-refractivity contribution >= 4 is 0 Å². The summed E-state index contributed by atoms with van der Waals surface area (Å²) < 4.78 is 17.8. The van der Waals surface area contributed by atoms with Crippen LogP contribution in [0.2, 0.25) is 0 Å². The van der Waals surface area contributed by atoms with Crippen LogP contribution in [-0.2, 0) is 27.3 Å². The van der Waals surface area contributed by atoms with Gasteiger partial charge in [-0.15, -0.1) is 0 Å². The molecular weight excluding hydrogens is 232 g/mol. The van der Waals surface area contributed by atoms with Gasteiger partial charge in [0.1, 0.15) is 0 Å². The van der Waals surface area contributed by atoms with E-state index in [4.69, 9.17) is 14.2 Å². The minimum atomic E-state index is 0.625. The van der Waals surface area contributed by atoms with E-state index in [-0.39, 0.29) is 0 Å². The van der Waals surface area contributed by atoms with Crippen molar-refractivity contribution in [2.75, 3.05) is 47.2 Å². The molecule has 1 aromatic rings. The number of methoxy groups -OCH3 is 1.